The normalized spacial score (nSPS) is 19.0. The first-order chi connectivity index (χ1) is 15.2. The Labute approximate surface area is 193 Å². The van der Waals surface area contributed by atoms with Gasteiger partial charge in [-0.2, -0.15) is 0 Å². The van der Waals surface area contributed by atoms with Crippen LogP contribution in [-0.2, 0) is 11.3 Å². The molecular formula is C27H38FN3O. The Morgan fingerprint density at radius 1 is 1.06 bits per heavy atom. The summed E-state index contributed by atoms with van der Waals surface area (Å²) in [4.78, 5) is 19.4. The van der Waals surface area contributed by atoms with Crippen LogP contribution in [0.1, 0.15) is 44.7 Å². The first-order valence-electron chi connectivity index (χ1n) is 11.7. The van der Waals surface area contributed by atoms with Crippen molar-refractivity contribution in [3.63, 3.8) is 0 Å². The Morgan fingerprint density at radius 3 is 2.31 bits per heavy atom. The van der Waals surface area contributed by atoms with Crippen molar-refractivity contribution in [3.8, 4) is 0 Å². The van der Waals surface area contributed by atoms with Crippen LogP contribution in [0.5, 0.6) is 0 Å². The summed E-state index contributed by atoms with van der Waals surface area (Å²) in [6.45, 7) is 11.4. The van der Waals surface area contributed by atoms with E-state index in [4.69, 9.17) is 0 Å². The van der Waals surface area contributed by atoms with E-state index >= 15 is 0 Å². The average Bonchev–Trinajstić information content (AvgIpc) is 3.14. The topological polar surface area (TPSA) is 26.8 Å². The number of carbonyl (C=O) groups excluding carboxylic acids is 1. The quantitative estimate of drug-likeness (QED) is 0.579. The van der Waals surface area contributed by atoms with Gasteiger partial charge in [0.25, 0.3) is 0 Å². The molecule has 3 rings (SSSR count). The van der Waals surface area contributed by atoms with Gasteiger partial charge in [0.1, 0.15) is 5.82 Å². The van der Waals surface area contributed by atoms with Crippen LogP contribution in [0.2, 0.25) is 0 Å². The summed E-state index contributed by atoms with van der Waals surface area (Å²) >= 11 is 0. The van der Waals surface area contributed by atoms with Crippen molar-refractivity contribution < 1.29 is 9.18 Å². The molecule has 1 aliphatic rings. The van der Waals surface area contributed by atoms with Crippen molar-refractivity contribution in [3.05, 3.63) is 65.5 Å². The number of nitrogens with zero attached hydrogens (tertiary/aromatic N) is 3. The van der Waals surface area contributed by atoms with E-state index in [0.717, 1.165) is 25.2 Å². The van der Waals surface area contributed by atoms with Gasteiger partial charge in [-0.15, -0.1) is 0 Å². The van der Waals surface area contributed by atoms with E-state index in [2.05, 4.69) is 47.9 Å². The monoisotopic (exact) mass is 439 g/mol. The molecule has 0 bridgehead atoms. The number of hydrogen-bond acceptors (Lipinski definition) is 3. The summed E-state index contributed by atoms with van der Waals surface area (Å²) in [6, 6.07) is 15.8. The number of carbonyl (C=O) groups is 1. The van der Waals surface area contributed by atoms with Gasteiger partial charge >= 0.3 is 0 Å². The molecule has 0 spiro atoms. The van der Waals surface area contributed by atoms with Crippen molar-refractivity contribution in [2.75, 3.05) is 38.6 Å². The van der Waals surface area contributed by atoms with Gasteiger partial charge in [-0.1, -0.05) is 38.1 Å². The number of halogens is 1. The minimum absolute atomic E-state index is 0.0299. The lowest BCUT2D eigenvalue weighted by Crippen LogP contribution is -2.43. The van der Waals surface area contributed by atoms with Gasteiger partial charge in [0, 0.05) is 63.8 Å². The number of hydrogen-bond donors (Lipinski definition) is 0. The maximum absolute atomic E-state index is 14.0. The third-order valence-corrected chi connectivity index (χ3v) is 6.48. The van der Waals surface area contributed by atoms with Crippen LogP contribution in [0.4, 0.5) is 10.1 Å². The van der Waals surface area contributed by atoms with Crippen molar-refractivity contribution in [1.29, 1.82) is 0 Å². The van der Waals surface area contributed by atoms with Gasteiger partial charge in [-0.3, -0.25) is 9.69 Å². The average molecular weight is 440 g/mol. The first-order valence-corrected chi connectivity index (χ1v) is 11.7. The van der Waals surface area contributed by atoms with Crippen LogP contribution in [0.15, 0.2) is 48.5 Å². The van der Waals surface area contributed by atoms with Crippen LogP contribution in [0.25, 0.3) is 0 Å². The highest BCUT2D eigenvalue weighted by molar-refractivity contribution is 5.78. The lowest BCUT2D eigenvalue weighted by Gasteiger charge is -2.33. The van der Waals surface area contributed by atoms with Gasteiger partial charge in [0.05, 0.1) is 0 Å². The number of amides is 1. The Hall–Kier alpha value is -2.40. The fourth-order valence-corrected chi connectivity index (χ4v) is 4.69. The lowest BCUT2D eigenvalue weighted by molar-refractivity contribution is -0.136. The largest absolute Gasteiger partial charge is 0.378 e. The minimum atomic E-state index is -0.196. The summed E-state index contributed by atoms with van der Waals surface area (Å²) < 4.78 is 14.0. The summed E-state index contributed by atoms with van der Waals surface area (Å²) in [5.41, 5.74) is 3.49. The molecule has 1 fully saturated rings. The van der Waals surface area contributed by atoms with E-state index in [0.29, 0.717) is 6.54 Å². The van der Waals surface area contributed by atoms with Gasteiger partial charge in [0.15, 0.2) is 0 Å². The summed E-state index contributed by atoms with van der Waals surface area (Å²) in [5.74, 6) is 0.433. The second-order valence-electron chi connectivity index (χ2n) is 9.92. The molecule has 5 heteroatoms. The fraction of sp³-hybridized carbons (Fsp3) is 0.519. The Kier molecular flexibility index (Phi) is 7.94. The molecular weight excluding hydrogens is 401 g/mol. The van der Waals surface area contributed by atoms with E-state index in [1.165, 1.54) is 17.3 Å². The summed E-state index contributed by atoms with van der Waals surface area (Å²) in [7, 11) is 4.09. The maximum Gasteiger partial charge on any atom is 0.225 e. The number of benzene rings is 2. The number of rotatable bonds is 8. The zero-order valence-corrected chi connectivity index (χ0v) is 20.4. The standard InChI is InChI=1S/C27H38FN3O/c1-19(2)27(32)31(20(3)4)17-23-16-30(15-21-10-12-25(13-11-21)29(5)6)18-26(23)22-8-7-9-24(28)14-22/h7-14,19-20,23,26H,15-18H2,1-6H3/t23-,26+/m0/s1. The van der Waals surface area contributed by atoms with Gasteiger partial charge in [0.2, 0.25) is 5.91 Å². The molecule has 0 unspecified atom stereocenters. The highest BCUT2D eigenvalue weighted by Gasteiger charge is 2.36. The number of anilines is 1. The van der Waals surface area contributed by atoms with Crippen molar-refractivity contribution >= 4 is 11.6 Å². The molecule has 0 N–H and O–H groups in total. The molecule has 174 valence electrons. The van der Waals surface area contributed by atoms with E-state index in [-0.39, 0.29) is 35.5 Å². The smallest absolute Gasteiger partial charge is 0.225 e. The molecule has 32 heavy (non-hydrogen) atoms. The molecule has 0 saturated carbocycles. The third-order valence-electron chi connectivity index (χ3n) is 6.48. The first kappa shape index (κ1) is 24.2. The highest BCUT2D eigenvalue weighted by atomic mass is 19.1. The Morgan fingerprint density at radius 2 is 1.75 bits per heavy atom. The van der Waals surface area contributed by atoms with Crippen LogP contribution in [-0.4, -0.2) is 55.5 Å². The minimum Gasteiger partial charge on any atom is -0.378 e. The molecule has 1 aliphatic heterocycles. The zero-order valence-electron chi connectivity index (χ0n) is 20.4. The molecule has 0 radical (unpaired) electrons. The van der Waals surface area contributed by atoms with Gasteiger partial charge in [-0.05, 0) is 55.2 Å². The zero-order chi connectivity index (χ0) is 23.4. The van der Waals surface area contributed by atoms with E-state index < -0.39 is 0 Å². The third kappa shape index (κ3) is 5.89. The fourth-order valence-electron chi connectivity index (χ4n) is 4.69. The second kappa shape index (κ2) is 10.5. The highest BCUT2D eigenvalue weighted by Crippen LogP contribution is 2.35. The summed E-state index contributed by atoms with van der Waals surface area (Å²) in [6.07, 6.45) is 0. The van der Waals surface area contributed by atoms with Gasteiger partial charge in [-0.25, -0.2) is 4.39 Å². The lowest BCUT2D eigenvalue weighted by atomic mass is 9.88. The van der Waals surface area contributed by atoms with Crippen molar-refractivity contribution in [2.45, 2.75) is 46.2 Å². The molecule has 1 amide bonds. The predicted octanol–water partition coefficient (Wildman–Crippen LogP) is 5.00. The Bertz CT molecular complexity index is 894. The molecule has 4 nitrogen and oxygen atoms in total. The summed E-state index contributed by atoms with van der Waals surface area (Å²) in [5, 5.41) is 0. The molecule has 2 aromatic carbocycles. The van der Waals surface area contributed by atoms with Crippen molar-refractivity contribution in [1.82, 2.24) is 9.80 Å². The van der Waals surface area contributed by atoms with E-state index in [9.17, 15) is 9.18 Å². The molecule has 0 aliphatic carbocycles. The second-order valence-corrected chi connectivity index (χ2v) is 9.92. The molecule has 1 heterocycles. The molecule has 0 aromatic heterocycles. The van der Waals surface area contributed by atoms with Crippen LogP contribution >= 0.6 is 0 Å². The predicted molar refractivity (Wildman–Crippen MR) is 130 cm³/mol. The van der Waals surface area contributed by atoms with E-state index in [1.54, 1.807) is 12.1 Å². The molecule has 2 aromatic rings. The molecule has 1 saturated heterocycles. The van der Waals surface area contributed by atoms with Crippen LogP contribution in [0, 0.1) is 17.7 Å². The SMILES string of the molecule is CC(C)C(=O)N(C[C@@H]1CN(Cc2ccc(N(C)C)cc2)C[C@@H]1c1cccc(F)c1)C(C)C. The van der Waals surface area contributed by atoms with E-state index in [1.807, 2.05) is 38.9 Å². The van der Waals surface area contributed by atoms with Gasteiger partial charge < -0.3 is 9.80 Å². The van der Waals surface area contributed by atoms with Crippen LogP contribution < -0.4 is 4.90 Å². The van der Waals surface area contributed by atoms with Crippen molar-refractivity contribution in [2.24, 2.45) is 11.8 Å². The van der Waals surface area contributed by atoms with Crippen LogP contribution in [0.3, 0.4) is 0 Å². The molecule has 2 atom stereocenters. The Balaban J connectivity index is 1.81. The maximum atomic E-state index is 14.0. The number of likely N-dealkylation sites (tertiary alicyclic amines) is 1.